The molecule has 25 heavy (non-hydrogen) atoms. The van der Waals surface area contributed by atoms with Crippen LogP contribution in [-0.2, 0) is 0 Å². The quantitative estimate of drug-likeness (QED) is 0.549. The first-order valence-corrected chi connectivity index (χ1v) is 9.35. The summed E-state index contributed by atoms with van der Waals surface area (Å²) in [6, 6.07) is 16.6. The first-order chi connectivity index (χ1) is 12.0. The SMILES string of the molecule is CCC[N+]1(C)CCN(F)C(c2ccccc2C)C1c1ccccc1C. The molecule has 0 N–H and O–H groups in total. The Kier molecular flexibility index (Phi) is 5.26. The average Bonchev–Trinajstić information content (AvgIpc) is 2.59. The van der Waals surface area contributed by atoms with Crippen molar-refractivity contribution in [1.82, 2.24) is 5.12 Å². The van der Waals surface area contributed by atoms with Crippen molar-refractivity contribution in [3.05, 3.63) is 70.8 Å². The van der Waals surface area contributed by atoms with Crippen LogP contribution in [0.3, 0.4) is 0 Å². The zero-order valence-corrected chi connectivity index (χ0v) is 15.9. The smallest absolute Gasteiger partial charge is 0.137 e. The fourth-order valence-corrected chi connectivity index (χ4v) is 4.52. The van der Waals surface area contributed by atoms with Gasteiger partial charge in [-0.25, -0.2) is 0 Å². The van der Waals surface area contributed by atoms with Crippen molar-refractivity contribution in [3.63, 3.8) is 0 Å². The lowest BCUT2D eigenvalue weighted by Crippen LogP contribution is -2.58. The van der Waals surface area contributed by atoms with Gasteiger partial charge in [-0.2, -0.15) is 0 Å². The monoisotopic (exact) mass is 341 g/mol. The summed E-state index contributed by atoms with van der Waals surface area (Å²) in [4.78, 5) is 0. The fourth-order valence-electron chi connectivity index (χ4n) is 4.52. The Bertz CT molecular complexity index is 729. The number of likely N-dealkylation sites (N-methyl/N-ethyl adjacent to an activating group) is 1. The van der Waals surface area contributed by atoms with Crippen molar-refractivity contribution in [2.45, 2.75) is 39.3 Å². The maximum absolute atomic E-state index is 15.2. The Hall–Kier alpha value is -1.71. The largest absolute Gasteiger partial charge is 0.317 e. The number of quaternary nitrogens is 1. The minimum absolute atomic E-state index is 0.0981. The third-order valence-electron chi connectivity index (χ3n) is 5.85. The highest BCUT2D eigenvalue weighted by Crippen LogP contribution is 2.46. The second-order valence-corrected chi connectivity index (χ2v) is 7.65. The van der Waals surface area contributed by atoms with E-state index >= 15 is 4.48 Å². The van der Waals surface area contributed by atoms with Gasteiger partial charge in [0.2, 0.25) is 0 Å². The zero-order valence-electron chi connectivity index (χ0n) is 15.9. The molecular weight excluding hydrogens is 311 g/mol. The number of benzene rings is 2. The second-order valence-electron chi connectivity index (χ2n) is 7.65. The van der Waals surface area contributed by atoms with Gasteiger partial charge in [0.1, 0.15) is 12.1 Å². The first-order valence-electron chi connectivity index (χ1n) is 9.35. The van der Waals surface area contributed by atoms with Gasteiger partial charge in [0.05, 0.1) is 26.7 Å². The van der Waals surface area contributed by atoms with Crippen molar-refractivity contribution < 1.29 is 8.96 Å². The van der Waals surface area contributed by atoms with Crippen molar-refractivity contribution in [3.8, 4) is 0 Å². The number of piperazine rings is 1. The van der Waals surface area contributed by atoms with Crippen LogP contribution >= 0.6 is 0 Å². The Morgan fingerprint density at radius 1 is 1.00 bits per heavy atom. The molecule has 0 saturated carbocycles. The molecule has 0 aliphatic carbocycles. The van der Waals surface area contributed by atoms with E-state index in [1.807, 2.05) is 12.1 Å². The lowest BCUT2D eigenvalue weighted by atomic mass is 9.84. The van der Waals surface area contributed by atoms with E-state index in [4.69, 9.17) is 0 Å². The van der Waals surface area contributed by atoms with E-state index in [1.54, 1.807) is 0 Å². The lowest BCUT2D eigenvalue weighted by Gasteiger charge is -2.51. The number of halogens is 1. The summed E-state index contributed by atoms with van der Waals surface area (Å²) < 4.78 is 16.1. The van der Waals surface area contributed by atoms with Gasteiger partial charge in [-0.15, -0.1) is 9.60 Å². The molecule has 2 aromatic rings. The van der Waals surface area contributed by atoms with Crippen LogP contribution in [0.4, 0.5) is 4.48 Å². The third-order valence-corrected chi connectivity index (χ3v) is 5.85. The van der Waals surface area contributed by atoms with Crippen LogP contribution in [0.25, 0.3) is 0 Å². The van der Waals surface area contributed by atoms with Crippen molar-refractivity contribution in [2.75, 3.05) is 26.7 Å². The summed E-state index contributed by atoms with van der Waals surface area (Å²) in [5, 5.41) is 1.08. The van der Waals surface area contributed by atoms with Crippen molar-refractivity contribution in [2.24, 2.45) is 0 Å². The van der Waals surface area contributed by atoms with E-state index < -0.39 is 0 Å². The Labute approximate surface area is 151 Å². The van der Waals surface area contributed by atoms with Gasteiger partial charge >= 0.3 is 0 Å². The molecule has 1 aliphatic rings. The van der Waals surface area contributed by atoms with E-state index in [-0.39, 0.29) is 12.1 Å². The Morgan fingerprint density at radius 2 is 1.56 bits per heavy atom. The molecule has 3 heteroatoms. The molecule has 3 unspecified atom stereocenters. The maximum Gasteiger partial charge on any atom is 0.137 e. The van der Waals surface area contributed by atoms with Crippen molar-refractivity contribution >= 4 is 0 Å². The minimum atomic E-state index is -0.243. The predicted octanol–water partition coefficient (Wildman–Crippen LogP) is 5.14. The zero-order chi connectivity index (χ0) is 18.0. The summed E-state index contributed by atoms with van der Waals surface area (Å²) in [6.45, 7) is 8.86. The van der Waals surface area contributed by atoms with E-state index in [2.05, 4.69) is 64.2 Å². The minimum Gasteiger partial charge on any atom is -0.317 e. The molecule has 2 nitrogen and oxygen atoms in total. The normalized spacial score (nSPS) is 27.4. The number of aryl methyl sites for hydroxylation is 2. The molecule has 2 aromatic carbocycles. The van der Waals surface area contributed by atoms with Crippen molar-refractivity contribution in [1.29, 1.82) is 0 Å². The van der Waals surface area contributed by atoms with Crippen LogP contribution in [0.5, 0.6) is 0 Å². The molecule has 1 heterocycles. The summed E-state index contributed by atoms with van der Waals surface area (Å²) in [5.41, 5.74) is 4.80. The second kappa shape index (κ2) is 7.27. The number of hydrogen-bond acceptors (Lipinski definition) is 1. The highest BCUT2D eigenvalue weighted by atomic mass is 19.2. The van der Waals surface area contributed by atoms with Gasteiger partial charge in [-0.1, -0.05) is 55.5 Å². The van der Waals surface area contributed by atoms with E-state index in [0.29, 0.717) is 6.54 Å². The number of rotatable bonds is 4. The van der Waals surface area contributed by atoms with Gasteiger partial charge in [0, 0.05) is 5.56 Å². The highest BCUT2D eigenvalue weighted by Gasteiger charge is 2.48. The molecule has 3 atom stereocenters. The Balaban J connectivity index is 2.18. The summed E-state index contributed by atoms with van der Waals surface area (Å²) in [6.07, 6.45) is 1.10. The first kappa shape index (κ1) is 18.1. The lowest BCUT2D eigenvalue weighted by molar-refractivity contribution is -0.949. The molecule has 1 fully saturated rings. The van der Waals surface area contributed by atoms with Crippen LogP contribution in [0, 0.1) is 13.8 Å². The molecule has 3 rings (SSSR count). The number of nitrogens with zero attached hydrogens (tertiary/aromatic N) is 2. The molecule has 1 aliphatic heterocycles. The maximum atomic E-state index is 15.2. The summed E-state index contributed by atoms with van der Waals surface area (Å²) >= 11 is 0. The molecular formula is C22H30FN2+. The topological polar surface area (TPSA) is 3.24 Å². The molecule has 0 aromatic heterocycles. The van der Waals surface area contributed by atoms with Crippen LogP contribution in [0.2, 0.25) is 0 Å². The predicted molar refractivity (Wildman–Crippen MR) is 102 cm³/mol. The van der Waals surface area contributed by atoms with E-state index in [1.165, 1.54) is 16.7 Å². The molecule has 0 spiro atoms. The van der Waals surface area contributed by atoms with Crippen LogP contribution in [0.1, 0.15) is 47.7 Å². The van der Waals surface area contributed by atoms with Crippen LogP contribution < -0.4 is 0 Å². The third kappa shape index (κ3) is 3.36. The summed E-state index contributed by atoms with van der Waals surface area (Å²) in [7, 11) is 2.30. The van der Waals surface area contributed by atoms with Gasteiger partial charge in [-0.05, 0) is 37.0 Å². The Morgan fingerprint density at radius 3 is 2.12 bits per heavy atom. The van der Waals surface area contributed by atoms with Gasteiger partial charge in [-0.3, -0.25) is 0 Å². The standard InChI is InChI=1S/C22H30FN2/c1-5-15-25(4)16-14-24(23)21(19-12-8-6-10-17(19)2)22(25)20-13-9-7-11-18(20)3/h6-13,21-22H,5,14-16H2,1-4H3/q+1. The van der Waals surface area contributed by atoms with Gasteiger partial charge in [0.25, 0.3) is 0 Å². The van der Waals surface area contributed by atoms with Gasteiger partial charge in [0.15, 0.2) is 0 Å². The molecule has 0 bridgehead atoms. The van der Waals surface area contributed by atoms with Crippen LogP contribution in [0.15, 0.2) is 48.5 Å². The average molecular weight is 341 g/mol. The van der Waals surface area contributed by atoms with E-state index in [9.17, 15) is 0 Å². The van der Waals surface area contributed by atoms with Gasteiger partial charge < -0.3 is 4.48 Å². The summed E-state index contributed by atoms with van der Waals surface area (Å²) in [5.74, 6) is 0. The highest BCUT2D eigenvalue weighted by molar-refractivity contribution is 5.35. The van der Waals surface area contributed by atoms with Crippen LogP contribution in [-0.4, -0.2) is 36.3 Å². The molecule has 0 radical (unpaired) electrons. The molecule has 134 valence electrons. The fraction of sp³-hybridized carbons (Fsp3) is 0.455. The van der Waals surface area contributed by atoms with E-state index in [0.717, 1.165) is 34.7 Å². The number of hydrogen-bond donors (Lipinski definition) is 0. The molecule has 1 saturated heterocycles. The molecule has 0 amide bonds.